The normalized spacial score (nSPS) is 11.1. The molecule has 1 aromatic carbocycles. The molecule has 16 heavy (non-hydrogen) atoms. The molecule has 84 valence electrons. The molecule has 1 aromatic heterocycles. The van der Waals surface area contributed by atoms with Crippen LogP contribution in [0.2, 0.25) is 10.0 Å². The SMILES string of the molecule is CCc1nc2cc(Cl)c(C)cc2c(Cl)c1C. The Labute approximate surface area is 105 Å². The second-order valence-electron chi connectivity index (χ2n) is 3.97. The quantitative estimate of drug-likeness (QED) is 0.717. The highest BCUT2D eigenvalue weighted by Gasteiger charge is 2.10. The minimum atomic E-state index is 0.738. The third-order valence-corrected chi connectivity index (χ3v) is 3.76. The van der Waals surface area contributed by atoms with Gasteiger partial charge < -0.3 is 0 Å². The maximum Gasteiger partial charge on any atom is 0.0735 e. The zero-order valence-electron chi connectivity index (χ0n) is 9.56. The third-order valence-electron chi connectivity index (χ3n) is 2.87. The molecule has 0 bridgehead atoms. The highest BCUT2D eigenvalue weighted by atomic mass is 35.5. The predicted octanol–water partition coefficient (Wildman–Crippen LogP) is 4.72. The molecule has 0 spiro atoms. The molecule has 2 aromatic rings. The van der Waals surface area contributed by atoms with Crippen LogP contribution in [0.3, 0.4) is 0 Å². The summed E-state index contributed by atoms with van der Waals surface area (Å²) in [4.78, 5) is 4.59. The van der Waals surface area contributed by atoms with Crippen LogP contribution in [0, 0.1) is 13.8 Å². The zero-order chi connectivity index (χ0) is 11.9. The molecule has 0 saturated carbocycles. The summed E-state index contributed by atoms with van der Waals surface area (Å²) in [6.07, 6.45) is 0.882. The first-order chi connectivity index (χ1) is 7.54. The van der Waals surface area contributed by atoms with Crippen molar-refractivity contribution in [2.45, 2.75) is 27.2 Å². The molecule has 0 unspecified atom stereocenters. The number of nitrogens with zero attached hydrogens (tertiary/aromatic N) is 1. The van der Waals surface area contributed by atoms with Crippen molar-refractivity contribution in [1.29, 1.82) is 0 Å². The van der Waals surface area contributed by atoms with E-state index < -0.39 is 0 Å². The fourth-order valence-corrected chi connectivity index (χ4v) is 2.26. The van der Waals surface area contributed by atoms with Gasteiger partial charge in [0.05, 0.1) is 10.5 Å². The number of halogens is 2. The summed E-state index contributed by atoms with van der Waals surface area (Å²) in [5, 5.41) is 2.52. The lowest BCUT2D eigenvalue weighted by Gasteiger charge is -2.10. The van der Waals surface area contributed by atoms with E-state index in [0.717, 1.165) is 44.2 Å². The van der Waals surface area contributed by atoms with Crippen LogP contribution in [-0.4, -0.2) is 4.98 Å². The average Bonchev–Trinajstić information content (AvgIpc) is 2.26. The lowest BCUT2D eigenvalue weighted by atomic mass is 10.1. The molecule has 0 aliphatic carbocycles. The second-order valence-corrected chi connectivity index (χ2v) is 4.75. The monoisotopic (exact) mass is 253 g/mol. The fourth-order valence-electron chi connectivity index (χ4n) is 1.84. The smallest absolute Gasteiger partial charge is 0.0735 e. The van der Waals surface area contributed by atoms with Crippen LogP contribution in [0.5, 0.6) is 0 Å². The molecule has 0 atom stereocenters. The third kappa shape index (κ3) is 1.79. The highest BCUT2D eigenvalue weighted by Crippen LogP contribution is 2.31. The van der Waals surface area contributed by atoms with E-state index in [9.17, 15) is 0 Å². The van der Waals surface area contributed by atoms with Crippen LogP contribution >= 0.6 is 23.2 Å². The fraction of sp³-hybridized carbons (Fsp3) is 0.308. The molecule has 1 heterocycles. The topological polar surface area (TPSA) is 12.9 Å². The number of aromatic nitrogens is 1. The summed E-state index contributed by atoms with van der Waals surface area (Å²) in [6.45, 7) is 6.06. The summed E-state index contributed by atoms with van der Waals surface area (Å²) >= 11 is 12.4. The van der Waals surface area contributed by atoms with E-state index in [2.05, 4.69) is 11.9 Å². The Hall–Kier alpha value is -0.790. The van der Waals surface area contributed by atoms with Crippen molar-refractivity contribution in [3.8, 4) is 0 Å². The van der Waals surface area contributed by atoms with Crippen molar-refractivity contribution in [3.05, 3.63) is 39.0 Å². The van der Waals surface area contributed by atoms with Gasteiger partial charge in [0.2, 0.25) is 0 Å². The number of hydrogen-bond donors (Lipinski definition) is 0. The lowest BCUT2D eigenvalue weighted by Crippen LogP contribution is -1.95. The van der Waals surface area contributed by atoms with E-state index in [-0.39, 0.29) is 0 Å². The molecule has 0 aliphatic rings. The van der Waals surface area contributed by atoms with Gasteiger partial charge >= 0.3 is 0 Å². The van der Waals surface area contributed by atoms with Crippen molar-refractivity contribution in [2.24, 2.45) is 0 Å². The maximum absolute atomic E-state index is 6.35. The molecular formula is C13H13Cl2N. The van der Waals surface area contributed by atoms with E-state index in [1.54, 1.807) is 0 Å². The number of pyridine rings is 1. The van der Waals surface area contributed by atoms with Crippen LogP contribution < -0.4 is 0 Å². The molecule has 0 amide bonds. The molecule has 0 radical (unpaired) electrons. The van der Waals surface area contributed by atoms with E-state index >= 15 is 0 Å². The summed E-state index contributed by atoms with van der Waals surface area (Å²) in [5.74, 6) is 0. The van der Waals surface area contributed by atoms with E-state index in [0.29, 0.717) is 0 Å². The number of hydrogen-bond acceptors (Lipinski definition) is 1. The van der Waals surface area contributed by atoms with Crippen LogP contribution in [0.15, 0.2) is 12.1 Å². The largest absolute Gasteiger partial charge is 0.252 e. The summed E-state index contributed by atoms with van der Waals surface area (Å²) < 4.78 is 0. The summed E-state index contributed by atoms with van der Waals surface area (Å²) in [7, 11) is 0. The van der Waals surface area contributed by atoms with Gasteiger partial charge in [-0.15, -0.1) is 0 Å². The first-order valence-corrected chi connectivity index (χ1v) is 6.05. The van der Waals surface area contributed by atoms with Crippen molar-refractivity contribution in [1.82, 2.24) is 4.98 Å². The number of benzene rings is 1. The Kier molecular flexibility index (Phi) is 3.09. The maximum atomic E-state index is 6.35. The number of fused-ring (bicyclic) bond motifs is 1. The molecular weight excluding hydrogens is 241 g/mol. The van der Waals surface area contributed by atoms with E-state index in [1.165, 1.54) is 0 Å². The molecule has 1 nitrogen and oxygen atoms in total. The first kappa shape index (κ1) is 11.7. The van der Waals surface area contributed by atoms with Crippen LogP contribution in [0.25, 0.3) is 10.9 Å². The Morgan fingerprint density at radius 2 is 1.88 bits per heavy atom. The van der Waals surface area contributed by atoms with Gasteiger partial charge in [0.1, 0.15) is 0 Å². The molecule has 0 aliphatic heterocycles. The Balaban J connectivity index is 2.87. The Bertz CT molecular complexity index is 562. The Morgan fingerprint density at radius 1 is 1.19 bits per heavy atom. The summed E-state index contributed by atoms with van der Waals surface area (Å²) in [6, 6.07) is 3.89. The number of aryl methyl sites for hydroxylation is 2. The molecule has 0 fully saturated rings. The van der Waals surface area contributed by atoms with E-state index in [4.69, 9.17) is 23.2 Å². The number of rotatable bonds is 1. The standard InChI is InChI=1S/C13H13Cl2N/c1-4-11-8(3)13(15)9-5-7(2)10(14)6-12(9)16-11/h5-6H,4H2,1-3H3. The van der Waals surface area contributed by atoms with Gasteiger partial charge in [-0.05, 0) is 43.5 Å². The zero-order valence-corrected chi connectivity index (χ0v) is 11.1. The average molecular weight is 254 g/mol. The van der Waals surface area contributed by atoms with Crippen molar-refractivity contribution >= 4 is 34.1 Å². The van der Waals surface area contributed by atoms with E-state index in [1.807, 2.05) is 26.0 Å². The predicted molar refractivity (Wildman–Crippen MR) is 70.6 cm³/mol. The highest BCUT2D eigenvalue weighted by molar-refractivity contribution is 6.37. The van der Waals surface area contributed by atoms with Gasteiger partial charge in [0.15, 0.2) is 0 Å². The van der Waals surface area contributed by atoms with Gasteiger partial charge in [-0.1, -0.05) is 30.1 Å². The lowest BCUT2D eigenvalue weighted by molar-refractivity contribution is 1.03. The van der Waals surface area contributed by atoms with Gasteiger partial charge in [-0.3, -0.25) is 4.98 Å². The molecule has 2 rings (SSSR count). The van der Waals surface area contributed by atoms with Crippen LogP contribution in [-0.2, 0) is 6.42 Å². The van der Waals surface area contributed by atoms with Crippen molar-refractivity contribution in [3.63, 3.8) is 0 Å². The molecule has 0 N–H and O–H groups in total. The van der Waals surface area contributed by atoms with Gasteiger partial charge in [0, 0.05) is 16.1 Å². The first-order valence-electron chi connectivity index (χ1n) is 5.29. The van der Waals surface area contributed by atoms with Gasteiger partial charge in [-0.25, -0.2) is 0 Å². The van der Waals surface area contributed by atoms with Crippen LogP contribution in [0.4, 0.5) is 0 Å². The second kappa shape index (κ2) is 4.23. The van der Waals surface area contributed by atoms with Gasteiger partial charge in [0.25, 0.3) is 0 Å². The van der Waals surface area contributed by atoms with Gasteiger partial charge in [-0.2, -0.15) is 0 Å². The van der Waals surface area contributed by atoms with Crippen molar-refractivity contribution in [2.75, 3.05) is 0 Å². The summed E-state index contributed by atoms with van der Waals surface area (Å²) in [5.41, 5.74) is 4.01. The Morgan fingerprint density at radius 3 is 2.50 bits per heavy atom. The molecule has 3 heteroatoms. The van der Waals surface area contributed by atoms with Crippen molar-refractivity contribution < 1.29 is 0 Å². The molecule has 0 saturated heterocycles. The minimum Gasteiger partial charge on any atom is -0.252 e. The minimum absolute atomic E-state index is 0.738. The van der Waals surface area contributed by atoms with Crippen LogP contribution in [0.1, 0.15) is 23.7 Å².